The first kappa shape index (κ1) is 16.0. The number of esters is 1. The van der Waals surface area contributed by atoms with Crippen LogP contribution < -0.4 is 0 Å². The number of rotatable bonds is 3. The maximum absolute atomic E-state index is 12.4. The summed E-state index contributed by atoms with van der Waals surface area (Å²) in [5, 5.41) is 1.02. The molecule has 3 rings (SSSR count). The standard InChI is InChI=1S/C18H21NO3S/c1-12-6-5-7-13(2)19(12)17(20)11-22-18(21)16-10-14-8-3-4-9-15(14)23-16/h3-4,8-10,12-13H,5-7,11H2,1-2H3/t12-,13-/m1/s1. The highest BCUT2D eigenvalue weighted by atomic mass is 32.1. The molecule has 0 bridgehead atoms. The highest BCUT2D eigenvalue weighted by Crippen LogP contribution is 2.26. The predicted octanol–water partition coefficient (Wildman–Crippen LogP) is 3.85. The number of thiophene rings is 1. The zero-order chi connectivity index (χ0) is 16.4. The lowest BCUT2D eigenvalue weighted by Crippen LogP contribution is -2.49. The van der Waals surface area contributed by atoms with Crippen LogP contribution in [0, 0.1) is 0 Å². The molecule has 0 N–H and O–H groups in total. The number of likely N-dealkylation sites (tertiary alicyclic amines) is 1. The van der Waals surface area contributed by atoms with Crippen molar-refractivity contribution in [3.8, 4) is 0 Å². The SMILES string of the molecule is C[C@@H]1CCC[C@@H](C)N1C(=O)COC(=O)c1cc2ccccc2s1. The van der Waals surface area contributed by atoms with Crippen LogP contribution in [0.5, 0.6) is 0 Å². The van der Waals surface area contributed by atoms with Crippen molar-refractivity contribution < 1.29 is 14.3 Å². The summed E-state index contributed by atoms with van der Waals surface area (Å²) in [5.41, 5.74) is 0. The number of carbonyl (C=O) groups is 2. The van der Waals surface area contributed by atoms with E-state index in [1.165, 1.54) is 11.3 Å². The minimum absolute atomic E-state index is 0.0980. The minimum Gasteiger partial charge on any atom is -0.451 e. The summed E-state index contributed by atoms with van der Waals surface area (Å²) in [4.78, 5) is 27.0. The number of hydrogen-bond acceptors (Lipinski definition) is 4. The normalized spacial score (nSPS) is 21.4. The van der Waals surface area contributed by atoms with Crippen molar-refractivity contribution in [1.82, 2.24) is 4.90 Å². The first-order valence-electron chi connectivity index (χ1n) is 8.03. The van der Waals surface area contributed by atoms with E-state index in [4.69, 9.17) is 4.74 Å². The molecule has 2 aromatic rings. The summed E-state index contributed by atoms with van der Waals surface area (Å²) >= 11 is 1.39. The summed E-state index contributed by atoms with van der Waals surface area (Å²) < 4.78 is 6.30. The summed E-state index contributed by atoms with van der Waals surface area (Å²) in [6, 6.07) is 10.1. The van der Waals surface area contributed by atoms with E-state index in [2.05, 4.69) is 13.8 Å². The lowest BCUT2D eigenvalue weighted by atomic mass is 9.97. The van der Waals surface area contributed by atoms with E-state index >= 15 is 0 Å². The van der Waals surface area contributed by atoms with Crippen LogP contribution >= 0.6 is 11.3 Å². The van der Waals surface area contributed by atoms with Gasteiger partial charge >= 0.3 is 5.97 Å². The van der Waals surface area contributed by atoms with E-state index < -0.39 is 5.97 Å². The van der Waals surface area contributed by atoms with Gasteiger partial charge in [-0.2, -0.15) is 0 Å². The molecule has 1 fully saturated rings. The van der Waals surface area contributed by atoms with Crippen LogP contribution in [-0.2, 0) is 9.53 Å². The molecule has 23 heavy (non-hydrogen) atoms. The number of hydrogen-bond donors (Lipinski definition) is 0. The summed E-state index contributed by atoms with van der Waals surface area (Å²) in [5.74, 6) is -0.518. The second-order valence-corrected chi connectivity index (χ2v) is 7.24. The second kappa shape index (κ2) is 6.71. The van der Waals surface area contributed by atoms with Crippen molar-refractivity contribution in [3.05, 3.63) is 35.2 Å². The van der Waals surface area contributed by atoms with Gasteiger partial charge in [-0.25, -0.2) is 4.79 Å². The van der Waals surface area contributed by atoms with Gasteiger partial charge in [0.05, 0.1) is 0 Å². The Hall–Kier alpha value is -1.88. The largest absolute Gasteiger partial charge is 0.451 e. The molecule has 0 unspecified atom stereocenters. The van der Waals surface area contributed by atoms with Crippen LogP contribution in [0.1, 0.15) is 42.8 Å². The first-order valence-corrected chi connectivity index (χ1v) is 8.85. The van der Waals surface area contributed by atoms with E-state index in [-0.39, 0.29) is 24.6 Å². The Morgan fingerprint density at radius 2 is 1.91 bits per heavy atom. The number of carbonyl (C=O) groups excluding carboxylic acids is 2. The van der Waals surface area contributed by atoms with Crippen LogP contribution in [0.25, 0.3) is 10.1 Å². The number of piperidine rings is 1. The van der Waals surface area contributed by atoms with E-state index in [0.29, 0.717) is 4.88 Å². The summed E-state index contributed by atoms with van der Waals surface area (Å²) in [6.07, 6.45) is 3.17. The van der Waals surface area contributed by atoms with Gasteiger partial charge in [0, 0.05) is 16.8 Å². The van der Waals surface area contributed by atoms with Gasteiger partial charge < -0.3 is 9.64 Å². The Bertz CT molecular complexity index is 681. The van der Waals surface area contributed by atoms with Crippen molar-refractivity contribution in [3.63, 3.8) is 0 Å². The molecule has 0 aliphatic carbocycles. The molecule has 4 nitrogen and oxygen atoms in total. The number of fused-ring (bicyclic) bond motifs is 1. The number of benzene rings is 1. The topological polar surface area (TPSA) is 46.6 Å². The number of amides is 1. The first-order chi connectivity index (χ1) is 11.1. The molecule has 2 atom stereocenters. The van der Waals surface area contributed by atoms with E-state index in [1.54, 1.807) is 0 Å². The third-order valence-electron chi connectivity index (χ3n) is 4.43. The van der Waals surface area contributed by atoms with Gasteiger partial charge in [-0.1, -0.05) is 18.2 Å². The van der Waals surface area contributed by atoms with Crippen molar-refractivity contribution in [1.29, 1.82) is 0 Å². The summed E-state index contributed by atoms with van der Waals surface area (Å²) in [7, 11) is 0. The highest BCUT2D eigenvalue weighted by molar-refractivity contribution is 7.20. The Labute approximate surface area is 140 Å². The molecule has 1 aromatic carbocycles. The average molecular weight is 331 g/mol. The lowest BCUT2D eigenvalue weighted by molar-refractivity contribution is -0.140. The molecule has 5 heteroatoms. The van der Waals surface area contributed by atoms with Crippen molar-refractivity contribution in [2.24, 2.45) is 0 Å². The molecular weight excluding hydrogens is 310 g/mol. The summed E-state index contributed by atoms with van der Waals surface area (Å²) in [6.45, 7) is 3.94. The van der Waals surface area contributed by atoms with Crippen LogP contribution in [0.15, 0.2) is 30.3 Å². The van der Waals surface area contributed by atoms with Crippen LogP contribution in [-0.4, -0.2) is 35.5 Å². The molecule has 1 saturated heterocycles. The van der Waals surface area contributed by atoms with Gasteiger partial charge in [0.1, 0.15) is 4.88 Å². The second-order valence-electron chi connectivity index (χ2n) is 6.15. The molecule has 0 radical (unpaired) electrons. The Kier molecular flexibility index (Phi) is 4.66. The van der Waals surface area contributed by atoms with E-state index in [1.807, 2.05) is 35.2 Å². The monoisotopic (exact) mass is 331 g/mol. The third kappa shape index (κ3) is 3.39. The zero-order valence-corrected chi connectivity index (χ0v) is 14.3. The molecule has 122 valence electrons. The van der Waals surface area contributed by atoms with Crippen molar-refractivity contribution >= 4 is 33.3 Å². The Balaban J connectivity index is 1.63. The van der Waals surface area contributed by atoms with Gasteiger partial charge in [-0.15, -0.1) is 11.3 Å². The smallest absolute Gasteiger partial charge is 0.348 e. The molecule has 1 amide bonds. The van der Waals surface area contributed by atoms with Gasteiger partial charge in [-0.05, 0) is 50.6 Å². The fraction of sp³-hybridized carbons (Fsp3) is 0.444. The van der Waals surface area contributed by atoms with Crippen LogP contribution in [0.3, 0.4) is 0 Å². The van der Waals surface area contributed by atoms with Crippen LogP contribution in [0.2, 0.25) is 0 Å². The Morgan fingerprint density at radius 3 is 2.61 bits per heavy atom. The van der Waals surface area contributed by atoms with Crippen molar-refractivity contribution in [2.75, 3.05) is 6.61 Å². The van der Waals surface area contributed by atoms with Gasteiger partial charge in [0.25, 0.3) is 5.91 Å². The van der Waals surface area contributed by atoms with E-state index in [0.717, 1.165) is 29.3 Å². The van der Waals surface area contributed by atoms with E-state index in [9.17, 15) is 9.59 Å². The highest BCUT2D eigenvalue weighted by Gasteiger charge is 2.29. The van der Waals surface area contributed by atoms with Gasteiger partial charge in [0.15, 0.2) is 6.61 Å². The number of nitrogens with zero attached hydrogens (tertiary/aromatic N) is 1. The predicted molar refractivity (Wildman–Crippen MR) is 91.7 cm³/mol. The third-order valence-corrected chi connectivity index (χ3v) is 5.53. The minimum atomic E-state index is -0.420. The fourth-order valence-corrected chi connectivity index (χ4v) is 4.22. The fourth-order valence-electron chi connectivity index (χ4n) is 3.27. The molecule has 1 aliphatic rings. The zero-order valence-electron chi connectivity index (χ0n) is 13.5. The maximum atomic E-state index is 12.4. The maximum Gasteiger partial charge on any atom is 0.348 e. The molecule has 1 aromatic heterocycles. The molecule has 0 spiro atoms. The number of ether oxygens (including phenoxy) is 1. The van der Waals surface area contributed by atoms with Crippen molar-refractivity contribution in [2.45, 2.75) is 45.2 Å². The molecular formula is C18H21NO3S. The quantitative estimate of drug-likeness (QED) is 0.803. The molecule has 2 heterocycles. The van der Waals surface area contributed by atoms with Gasteiger partial charge in [-0.3, -0.25) is 4.79 Å². The lowest BCUT2D eigenvalue weighted by Gasteiger charge is -2.38. The molecule has 0 saturated carbocycles. The average Bonchev–Trinajstić information content (AvgIpc) is 2.96. The van der Waals surface area contributed by atoms with Crippen LogP contribution in [0.4, 0.5) is 0 Å². The van der Waals surface area contributed by atoms with Gasteiger partial charge in [0.2, 0.25) is 0 Å². The Morgan fingerprint density at radius 1 is 1.22 bits per heavy atom. The molecule has 1 aliphatic heterocycles.